The van der Waals surface area contributed by atoms with Crippen molar-refractivity contribution in [2.24, 2.45) is 5.73 Å². The number of hydrogen-bond acceptors (Lipinski definition) is 4. The number of rotatable bonds is 2. The molecule has 5 nitrogen and oxygen atoms in total. The molecular formula is C14H16ClN3O2. The molecule has 20 heavy (non-hydrogen) atoms. The average molecular weight is 294 g/mol. The van der Waals surface area contributed by atoms with Gasteiger partial charge in [-0.2, -0.15) is 0 Å². The minimum atomic E-state index is -0.379. The third-order valence-electron chi connectivity index (χ3n) is 2.78. The number of halogens is 1. The van der Waals surface area contributed by atoms with E-state index in [9.17, 15) is 9.59 Å². The van der Waals surface area contributed by atoms with Gasteiger partial charge in [-0.15, -0.1) is 12.4 Å². The molecule has 1 saturated heterocycles. The quantitative estimate of drug-likeness (QED) is 0.552. The van der Waals surface area contributed by atoms with Crippen LogP contribution >= 0.6 is 12.4 Å². The van der Waals surface area contributed by atoms with Crippen molar-refractivity contribution in [3.05, 3.63) is 29.8 Å². The molecule has 1 aromatic carbocycles. The van der Waals surface area contributed by atoms with Gasteiger partial charge in [0.1, 0.15) is 6.04 Å². The molecule has 2 rings (SSSR count). The number of nitrogens with one attached hydrogen (secondary N) is 2. The average Bonchev–Trinajstić information content (AvgIpc) is 2.40. The first-order valence-corrected chi connectivity index (χ1v) is 6.08. The molecule has 1 aromatic rings. The summed E-state index contributed by atoms with van der Waals surface area (Å²) in [5.74, 6) is 5.21. The zero-order valence-corrected chi connectivity index (χ0v) is 11.6. The molecule has 6 heteroatoms. The van der Waals surface area contributed by atoms with Gasteiger partial charge in [0, 0.05) is 17.7 Å². The second-order valence-electron chi connectivity index (χ2n) is 4.23. The number of nitrogens with two attached hydrogens (primary N) is 1. The van der Waals surface area contributed by atoms with E-state index in [-0.39, 0.29) is 30.3 Å². The van der Waals surface area contributed by atoms with Gasteiger partial charge >= 0.3 is 0 Å². The second kappa shape index (κ2) is 7.53. The molecule has 4 N–H and O–H groups in total. The van der Waals surface area contributed by atoms with Gasteiger partial charge in [0.05, 0.1) is 6.54 Å². The van der Waals surface area contributed by atoms with Crippen LogP contribution in [0.1, 0.15) is 18.4 Å². The maximum Gasteiger partial charge on any atom is 0.249 e. The van der Waals surface area contributed by atoms with Gasteiger partial charge in [0.2, 0.25) is 11.8 Å². The highest BCUT2D eigenvalue weighted by Crippen LogP contribution is 2.15. The Morgan fingerprint density at radius 2 is 2.20 bits per heavy atom. The maximum atomic E-state index is 11.6. The smallest absolute Gasteiger partial charge is 0.249 e. The number of imide groups is 1. The van der Waals surface area contributed by atoms with E-state index in [1.807, 2.05) is 24.3 Å². The van der Waals surface area contributed by atoms with Crippen molar-refractivity contribution < 1.29 is 9.59 Å². The fraction of sp³-hybridized carbons (Fsp3) is 0.286. The molecule has 0 saturated carbocycles. The lowest BCUT2D eigenvalue weighted by molar-refractivity contribution is -0.133. The van der Waals surface area contributed by atoms with Crippen molar-refractivity contribution in [2.75, 3.05) is 11.9 Å². The molecule has 1 aliphatic heterocycles. The summed E-state index contributed by atoms with van der Waals surface area (Å²) in [6, 6.07) is 7.06. The minimum Gasteiger partial charge on any atom is -0.374 e. The Morgan fingerprint density at radius 1 is 1.40 bits per heavy atom. The van der Waals surface area contributed by atoms with Crippen LogP contribution in [0, 0.1) is 11.8 Å². The molecule has 1 atom stereocenters. The fourth-order valence-corrected chi connectivity index (χ4v) is 1.87. The zero-order valence-electron chi connectivity index (χ0n) is 10.8. The number of carbonyl (C=O) groups excluding carboxylic acids is 2. The highest BCUT2D eigenvalue weighted by atomic mass is 35.5. The molecular weight excluding hydrogens is 278 g/mol. The minimum absolute atomic E-state index is 0. The molecule has 106 valence electrons. The van der Waals surface area contributed by atoms with Gasteiger partial charge in [0.25, 0.3) is 0 Å². The lowest BCUT2D eigenvalue weighted by Crippen LogP contribution is -2.47. The Bertz CT molecular complexity index is 563. The second-order valence-corrected chi connectivity index (χ2v) is 4.23. The fourth-order valence-electron chi connectivity index (χ4n) is 1.87. The van der Waals surface area contributed by atoms with Crippen molar-refractivity contribution in [2.45, 2.75) is 18.9 Å². The predicted molar refractivity (Wildman–Crippen MR) is 79.4 cm³/mol. The van der Waals surface area contributed by atoms with Gasteiger partial charge in [-0.25, -0.2) is 0 Å². The van der Waals surface area contributed by atoms with Crippen LogP contribution in [0.2, 0.25) is 0 Å². The third kappa shape index (κ3) is 4.26. The standard InChI is InChI=1S/C14H15N3O2.ClH/c15-8-2-4-10-3-1-5-11(9-10)16-12-6-7-13(18)17-14(12)19;/h1,3,5,9,12,16H,6-8,15H2,(H,17,18,19);1H. The topological polar surface area (TPSA) is 84.2 Å². The molecule has 0 aromatic heterocycles. The molecule has 2 amide bonds. The third-order valence-corrected chi connectivity index (χ3v) is 2.78. The van der Waals surface area contributed by atoms with E-state index in [2.05, 4.69) is 22.5 Å². The number of hydrogen-bond donors (Lipinski definition) is 3. The van der Waals surface area contributed by atoms with Crippen LogP contribution in [-0.2, 0) is 9.59 Å². The van der Waals surface area contributed by atoms with Crippen molar-refractivity contribution in [1.82, 2.24) is 5.32 Å². The Hall–Kier alpha value is -2.03. The summed E-state index contributed by atoms with van der Waals surface area (Å²) in [5, 5.41) is 5.42. The van der Waals surface area contributed by atoms with Crippen LogP contribution in [-0.4, -0.2) is 24.4 Å². The van der Waals surface area contributed by atoms with E-state index >= 15 is 0 Å². The monoisotopic (exact) mass is 293 g/mol. The Morgan fingerprint density at radius 3 is 2.90 bits per heavy atom. The van der Waals surface area contributed by atoms with Gasteiger partial charge in [-0.05, 0) is 24.6 Å². The van der Waals surface area contributed by atoms with Crippen molar-refractivity contribution in [3.8, 4) is 11.8 Å². The van der Waals surface area contributed by atoms with E-state index in [0.29, 0.717) is 19.4 Å². The summed E-state index contributed by atoms with van der Waals surface area (Å²) in [4.78, 5) is 22.7. The number of amides is 2. The van der Waals surface area contributed by atoms with Gasteiger partial charge in [-0.1, -0.05) is 17.9 Å². The molecule has 1 heterocycles. The lowest BCUT2D eigenvalue weighted by atomic mass is 10.1. The first-order chi connectivity index (χ1) is 9.19. The summed E-state index contributed by atoms with van der Waals surface area (Å²) in [6.07, 6.45) is 0.861. The SMILES string of the molecule is Cl.NCC#Cc1cccc(NC2CCC(=O)NC2=O)c1. The maximum absolute atomic E-state index is 11.6. The molecule has 1 aliphatic rings. The number of piperidine rings is 1. The van der Waals surface area contributed by atoms with Crippen LogP contribution in [0.15, 0.2) is 24.3 Å². The summed E-state index contributed by atoms with van der Waals surface area (Å²) in [5.41, 5.74) is 6.96. The van der Waals surface area contributed by atoms with Gasteiger partial charge in [-0.3, -0.25) is 14.9 Å². The van der Waals surface area contributed by atoms with E-state index < -0.39 is 0 Å². The molecule has 1 unspecified atom stereocenters. The first-order valence-electron chi connectivity index (χ1n) is 6.08. The van der Waals surface area contributed by atoms with Crippen LogP contribution in [0.3, 0.4) is 0 Å². The molecule has 0 bridgehead atoms. The van der Waals surface area contributed by atoms with Crippen LogP contribution in [0.5, 0.6) is 0 Å². The summed E-state index contributed by atoms with van der Waals surface area (Å²) in [7, 11) is 0. The van der Waals surface area contributed by atoms with E-state index in [4.69, 9.17) is 5.73 Å². The van der Waals surface area contributed by atoms with Crippen LogP contribution in [0.25, 0.3) is 0 Å². The zero-order chi connectivity index (χ0) is 13.7. The van der Waals surface area contributed by atoms with Crippen molar-refractivity contribution >= 4 is 29.9 Å². The van der Waals surface area contributed by atoms with E-state index in [1.165, 1.54) is 0 Å². The Balaban J connectivity index is 0.00000200. The van der Waals surface area contributed by atoms with Crippen molar-refractivity contribution in [3.63, 3.8) is 0 Å². The first kappa shape index (κ1) is 16.0. The van der Waals surface area contributed by atoms with Gasteiger partial charge < -0.3 is 11.1 Å². The summed E-state index contributed by atoms with van der Waals surface area (Å²) < 4.78 is 0. The molecule has 0 spiro atoms. The highest BCUT2D eigenvalue weighted by Gasteiger charge is 2.26. The highest BCUT2D eigenvalue weighted by molar-refractivity contribution is 6.01. The van der Waals surface area contributed by atoms with Crippen molar-refractivity contribution in [1.29, 1.82) is 0 Å². The number of carbonyl (C=O) groups is 2. The molecule has 1 fully saturated rings. The lowest BCUT2D eigenvalue weighted by Gasteiger charge is -2.22. The molecule has 0 radical (unpaired) electrons. The van der Waals surface area contributed by atoms with Gasteiger partial charge in [0.15, 0.2) is 0 Å². The van der Waals surface area contributed by atoms with Crippen LogP contribution < -0.4 is 16.4 Å². The Labute approximate surface area is 123 Å². The normalized spacial score (nSPS) is 17.4. The van der Waals surface area contributed by atoms with E-state index in [0.717, 1.165) is 11.3 Å². The predicted octanol–water partition coefficient (Wildman–Crippen LogP) is 0.636. The Kier molecular flexibility index (Phi) is 6.04. The summed E-state index contributed by atoms with van der Waals surface area (Å²) in [6.45, 7) is 0.310. The molecule has 0 aliphatic carbocycles. The largest absolute Gasteiger partial charge is 0.374 e. The number of anilines is 1. The van der Waals surface area contributed by atoms with Crippen LogP contribution in [0.4, 0.5) is 5.69 Å². The number of benzene rings is 1. The summed E-state index contributed by atoms with van der Waals surface area (Å²) >= 11 is 0. The van der Waals surface area contributed by atoms with E-state index in [1.54, 1.807) is 0 Å².